The predicted octanol–water partition coefficient (Wildman–Crippen LogP) is 5.39. The Hall–Kier alpha value is -2.55. The van der Waals surface area contributed by atoms with Gasteiger partial charge in [-0.15, -0.1) is 0 Å². The molecule has 0 unspecified atom stereocenters. The number of nitrogens with one attached hydrogen (secondary N) is 1. The largest absolute Gasteiger partial charge is 0.497 e. The summed E-state index contributed by atoms with van der Waals surface area (Å²) in [5, 5.41) is 9.69. The highest BCUT2D eigenvalue weighted by Crippen LogP contribution is 2.28. The van der Waals surface area contributed by atoms with Gasteiger partial charge < -0.3 is 14.6 Å². The minimum Gasteiger partial charge on any atom is -0.497 e. The van der Waals surface area contributed by atoms with Crippen molar-refractivity contribution in [1.82, 2.24) is 0 Å². The van der Waals surface area contributed by atoms with Crippen LogP contribution in [0.15, 0.2) is 52.9 Å². The number of rotatable bonds is 7. The van der Waals surface area contributed by atoms with Crippen LogP contribution in [-0.2, 0) is 12.8 Å². The van der Waals surface area contributed by atoms with E-state index in [9.17, 15) is 0 Å². The number of methoxy groups -OCH3 is 1. The highest BCUT2D eigenvalue weighted by Gasteiger charge is 2.17. The molecule has 0 bridgehead atoms. The molecule has 0 aliphatic heterocycles. The highest BCUT2D eigenvalue weighted by atomic mass is 16.5. The molecule has 3 nitrogen and oxygen atoms in total. The lowest BCUT2D eigenvalue weighted by molar-refractivity contribution is 0.414. The molecule has 0 atom stereocenters. The van der Waals surface area contributed by atoms with E-state index in [4.69, 9.17) is 14.6 Å². The maximum atomic E-state index is 8.65. The maximum Gasteiger partial charge on any atom is 0.134 e. The second kappa shape index (κ2) is 7.35. The number of hydrogen-bond acceptors (Lipinski definition) is 3. The monoisotopic (exact) mass is 321 g/mol. The Kier molecular flexibility index (Phi) is 4.99. The van der Waals surface area contributed by atoms with Gasteiger partial charge in [0.1, 0.15) is 17.1 Å². The molecule has 1 N–H and O–H groups in total. The summed E-state index contributed by atoms with van der Waals surface area (Å²) in [7, 11) is 1.66. The van der Waals surface area contributed by atoms with Gasteiger partial charge in [0, 0.05) is 29.5 Å². The predicted molar refractivity (Wildman–Crippen MR) is 98.4 cm³/mol. The quantitative estimate of drug-likeness (QED) is 0.593. The second-order valence-electron chi connectivity index (χ2n) is 6.00. The van der Waals surface area contributed by atoms with Crippen LogP contribution in [0.25, 0.3) is 11.0 Å². The van der Waals surface area contributed by atoms with E-state index in [1.165, 1.54) is 0 Å². The number of benzene rings is 2. The van der Waals surface area contributed by atoms with Crippen LogP contribution in [0.3, 0.4) is 0 Å². The van der Waals surface area contributed by atoms with Crippen molar-refractivity contribution in [3.05, 3.63) is 65.4 Å². The van der Waals surface area contributed by atoms with E-state index in [0.29, 0.717) is 12.1 Å². The van der Waals surface area contributed by atoms with Gasteiger partial charge in [0.25, 0.3) is 0 Å². The normalized spacial score (nSPS) is 10.9. The Morgan fingerprint density at radius 2 is 1.83 bits per heavy atom. The molecule has 1 heterocycles. The summed E-state index contributed by atoms with van der Waals surface area (Å²) >= 11 is 0. The molecule has 1 aromatic heterocycles. The van der Waals surface area contributed by atoms with Gasteiger partial charge in [-0.3, -0.25) is 0 Å². The average molecular weight is 321 g/mol. The van der Waals surface area contributed by atoms with Crippen molar-refractivity contribution in [3.63, 3.8) is 0 Å². The van der Waals surface area contributed by atoms with E-state index < -0.39 is 0 Å². The van der Waals surface area contributed by atoms with E-state index in [2.05, 4.69) is 6.92 Å². The molecule has 0 aliphatic rings. The van der Waals surface area contributed by atoms with Crippen LogP contribution in [0.1, 0.15) is 36.7 Å². The van der Waals surface area contributed by atoms with Crippen LogP contribution in [0, 0.1) is 5.41 Å². The van der Waals surface area contributed by atoms with Crippen molar-refractivity contribution in [2.75, 3.05) is 7.11 Å². The van der Waals surface area contributed by atoms with Crippen LogP contribution < -0.4 is 4.74 Å². The molecular formula is C21H23NO2. The van der Waals surface area contributed by atoms with Crippen LogP contribution in [-0.4, -0.2) is 12.8 Å². The zero-order valence-electron chi connectivity index (χ0n) is 14.3. The van der Waals surface area contributed by atoms with Crippen molar-refractivity contribution in [3.8, 4) is 5.75 Å². The summed E-state index contributed by atoms with van der Waals surface area (Å²) in [6.45, 7) is 2.17. The number of furan rings is 1. The Labute approximate surface area is 142 Å². The molecule has 124 valence electrons. The van der Waals surface area contributed by atoms with E-state index in [0.717, 1.165) is 52.9 Å². The summed E-state index contributed by atoms with van der Waals surface area (Å²) < 4.78 is 11.2. The number of aryl methyl sites for hydroxylation is 1. The molecule has 3 rings (SSSR count). The van der Waals surface area contributed by atoms with Crippen LogP contribution in [0.5, 0.6) is 5.75 Å². The molecule has 0 radical (unpaired) electrons. The standard InChI is InChI=1S/C21H23NO2/c1-3-4-8-20-21(17-7-5-6-9-19(17)24-20)18(22)14-15-10-12-16(23-2)13-11-15/h5-7,9-13,22H,3-4,8,14H2,1-2H3. The van der Waals surface area contributed by atoms with Gasteiger partial charge in [-0.1, -0.05) is 43.7 Å². The van der Waals surface area contributed by atoms with Crippen molar-refractivity contribution in [2.45, 2.75) is 32.6 Å². The van der Waals surface area contributed by atoms with Gasteiger partial charge in [-0.2, -0.15) is 0 Å². The second-order valence-corrected chi connectivity index (χ2v) is 6.00. The molecule has 3 heteroatoms. The Morgan fingerprint density at radius 3 is 2.54 bits per heavy atom. The molecule has 2 aromatic carbocycles. The van der Waals surface area contributed by atoms with Gasteiger partial charge in [-0.05, 0) is 30.2 Å². The first-order valence-electron chi connectivity index (χ1n) is 8.44. The van der Waals surface area contributed by atoms with E-state index in [-0.39, 0.29) is 0 Å². The molecule has 0 saturated carbocycles. The number of para-hydroxylation sites is 1. The van der Waals surface area contributed by atoms with Crippen molar-refractivity contribution >= 4 is 16.7 Å². The van der Waals surface area contributed by atoms with Crippen LogP contribution >= 0.6 is 0 Å². The summed E-state index contributed by atoms with van der Waals surface area (Å²) in [4.78, 5) is 0. The maximum absolute atomic E-state index is 8.65. The number of hydrogen-bond donors (Lipinski definition) is 1. The highest BCUT2D eigenvalue weighted by molar-refractivity contribution is 6.10. The third-order valence-electron chi connectivity index (χ3n) is 4.27. The third kappa shape index (κ3) is 3.35. The van der Waals surface area contributed by atoms with Crippen LogP contribution in [0.2, 0.25) is 0 Å². The Bertz CT molecular complexity index is 831. The Balaban J connectivity index is 1.92. The first-order valence-corrected chi connectivity index (χ1v) is 8.44. The van der Waals surface area contributed by atoms with Gasteiger partial charge >= 0.3 is 0 Å². The summed E-state index contributed by atoms with van der Waals surface area (Å²) in [6, 6.07) is 15.9. The van der Waals surface area contributed by atoms with Gasteiger partial charge in [0.2, 0.25) is 0 Å². The van der Waals surface area contributed by atoms with Gasteiger partial charge in [-0.25, -0.2) is 0 Å². The molecular weight excluding hydrogens is 298 g/mol. The molecule has 0 amide bonds. The number of ether oxygens (including phenoxy) is 1. The summed E-state index contributed by atoms with van der Waals surface area (Å²) in [5.74, 6) is 1.78. The average Bonchev–Trinajstić information content (AvgIpc) is 2.99. The summed E-state index contributed by atoms with van der Waals surface area (Å²) in [6.07, 6.45) is 3.66. The smallest absolute Gasteiger partial charge is 0.134 e. The minimum absolute atomic E-state index is 0.590. The fourth-order valence-electron chi connectivity index (χ4n) is 2.98. The third-order valence-corrected chi connectivity index (χ3v) is 4.27. The zero-order valence-corrected chi connectivity index (χ0v) is 14.3. The van der Waals surface area contributed by atoms with E-state index >= 15 is 0 Å². The molecule has 0 aliphatic carbocycles. The molecule has 0 fully saturated rings. The zero-order chi connectivity index (χ0) is 16.9. The van der Waals surface area contributed by atoms with Crippen molar-refractivity contribution in [2.24, 2.45) is 0 Å². The SMILES string of the molecule is CCCCc1oc2ccccc2c1C(=N)Cc1ccc(OC)cc1. The van der Waals surface area contributed by atoms with E-state index in [1.54, 1.807) is 7.11 Å². The van der Waals surface area contributed by atoms with Crippen LogP contribution in [0.4, 0.5) is 0 Å². The summed E-state index contributed by atoms with van der Waals surface area (Å²) in [5.41, 5.74) is 3.55. The first-order chi connectivity index (χ1) is 11.7. The fourth-order valence-corrected chi connectivity index (χ4v) is 2.98. The lowest BCUT2D eigenvalue weighted by Crippen LogP contribution is -2.06. The number of fused-ring (bicyclic) bond motifs is 1. The lowest BCUT2D eigenvalue weighted by Gasteiger charge is -2.07. The Morgan fingerprint density at radius 1 is 1.08 bits per heavy atom. The first kappa shape index (κ1) is 16.3. The molecule has 0 saturated heterocycles. The number of unbranched alkanes of at least 4 members (excludes halogenated alkanes) is 1. The van der Waals surface area contributed by atoms with Gasteiger partial charge in [0.05, 0.1) is 7.11 Å². The minimum atomic E-state index is 0.590. The van der Waals surface area contributed by atoms with Gasteiger partial charge in [0.15, 0.2) is 0 Å². The molecule has 3 aromatic rings. The topological polar surface area (TPSA) is 46.2 Å². The molecule has 24 heavy (non-hydrogen) atoms. The van der Waals surface area contributed by atoms with Crippen molar-refractivity contribution in [1.29, 1.82) is 5.41 Å². The molecule has 0 spiro atoms. The lowest BCUT2D eigenvalue weighted by atomic mass is 9.98. The van der Waals surface area contributed by atoms with E-state index in [1.807, 2.05) is 48.5 Å². The van der Waals surface area contributed by atoms with Crippen molar-refractivity contribution < 1.29 is 9.15 Å². The fraction of sp³-hybridized carbons (Fsp3) is 0.286.